The zero-order valence-corrected chi connectivity index (χ0v) is 9.07. The van der Waals surface area contributed by atoms with Gasteiger partial charge in [0.15, 0.2) is 0 Å². The molecule has 82 valence electrons. The van der Waals surface area contributed by atoms with Gasteiger partial charge < -0.3 is 11.5 Å². The van der Waals surface area contributed by atoms with Crippen LogP contribution in [0, 0.1) is 5.92 Å². The Kier molecular flexibility index (Phi) is 4.31. The van der Waals surface area contributed by atoms with E-state index in [4.69, 9.17) is 11.5 Å². The number of carbonyl (C=O) groups excluding carboxylic acids is 1. The first-order valence-electron chi connectivity index (χ1n) is 5.24. The van der Waals surface area contributed by atoms with Crippen LogP contribution in [0.15, 0.2) is 24.3 Å². The van der Waals surface area contributed by atoms with Crippen molar-refractivity contribution in [2.75, 3.05) is 6.54 Å². The van der Waals surface area contributed by atoms with E-state index in [2.05, 4.69) is 19.1 Å². The Bertz CT molecular complexity index is 319. The lowest BCUT2D eigenvalue weighted by atomic mass is 9.98. The molecule has 1 aromatic rings. The lowest BCUT2D eigenvalue weighted by Gasteiger charge is -2.10. The smallest absolute Gasteiger partial charge is 0.222 e. The number of benzene rings is 1. The Morgan fingerprint density at radius 1 is 1.27 bits per heavy atom. The number of primary amides is 1. The van der Waals surface area contributed by atoms with E-state index < -0.39 is 0 Å². The molecule has 4 N–H and O–H groups in total. The predicted octanol–water partition coefficient (Wildman–Crippen LogP) is 0.852. The molecule has 0 aliphatic carbocycles. The van der Waals surface area contributed by atoms with Crippen LogP contribution in [0.5, 0.6) is 0 Å². The van der Waals surface area contributed by atoms with E-state index in [1.807, 2.05) is 12.1 Å². The Hall–Kier alpha value is -1.35. The van der Waals surface area contributed by atoms with E-state index in [1.165, 1.54) is 5.56 Å². The summed E-state index contributed by atoms with van der Waals surface area (Å²) in [5.74, 6) is -0.574. The molecule has 0 spiro atoms. The van der Waals surface area contributed by atoms with Crippen LogP contribution >= 0.6 is 0 Å². The van der Waals surface area contributed by atoms with E-state index in [-0.39, 0.29) is 11.8 Å². The fourth-order valence-corrected chi connectivity index (χ4v) is 1.50. The SMILES string of the molecule is CCc1ccc(CC(CN)C(N)=O)cc1. The molecule has 3 nitrogen and oxygen atoms in total. The van der Waals surface area contributed by atoms with Gasteiger partial charge in [-0.1, -0.05) is 31.2 Å². The van der Waals surface area contributed by atoms with Crippen molar-refractivity contribution in [3.05, 3.63) is 35.4 Å². The van der Waals surface area contributed by atoms with E-state index >= 15 is 0 Å². The third-order valence-electron chi connectivity index (χ3n) is 2.60. The maximum Gasteiger partial charge on any atom is 0.222 e. The molecule has 1 atom stereocenters. The van der Waals surface area contributed by atoms with Crippen molar-refractivity contribution >= 4 is 5.91 Å². The van der Waals surface area contributed by atoms with Gasteiger partial charge in [-0.3, -0.25) is 4.79 Å². The van der Waals surface area contributed by atoms with E-state index in [0.29, 0.717) is 13.0 Å². The molecular weight excluding hydrogens is 188 g/mol. The predicted molar refractivity (Wildman–Crippen MR) is 61.3 cm³/mol. The fourth-order valence-electron chi connectivity index (χ4n) is 1.50. The van der Waals surface area contributed by atoms with Crippen molar-refractivity contribution in [2.24, 2.45) is 17.4 Å². The quantitative estimate of drug-likeness (QED) is 0.750. The Morgan fingerprint density at radius 3 is 2.20 bits per heavy atom. The number of rotatable bonds is 5. The molecule has 1 rings (SSSR count). The Morgan fingerprint density at radius 2 is 1.80 bits per heavy atom. The maximum atomic E-state index is 11.0. The average Bonchev–Trinajstić information content (AvgIpc) is 2.26. The van der Waals surface area contributed by atoms with Crippen LogP contribution in [-0.2, 0) is 17.6 Å². The highest BCUT2D eigenvalue weighted by Gasteiger charge is 2.13. The third kappa shape index (κ3) is 3.36. The van der Waals surface area contributed by atoms with Gasteiger partial charge in [-0.25, -0.2) is 0 Å². The van der Waals surface area contributed by atoms with Gasteiger partial charge in [-0.15, -0.1) is 0 Å². The van der Waals surface area contributed by atoms with Gasteiger partial charge >= 0.3 is 0 Å². The zero-order valence-electron chi connectivity index (χ0n) is 9.07. The summed E-state index contributed by atoms with van der Waals surface area (Å²) in [5, 5.41) is 0. The Balaban J connectivity index is 2.67. The van der Waals surface area contributed by atoms with Crippen LogP contribution in [0.2, 0.25) is 0 Å². The number of nitrogens with two attached hydrogens (primary N) is 2. The van der Waals surface area contributed by atoms with Crippen molar-refractivity contribution in [3.63, 3.8) is 0 Å². The maximum absolute atomic E-state index is 11.0. The van der Waals surface area contributed by atoms with Crippen molar-refractivity contribution in [1.29, 1.82) is 0 Å². The molecular formula is C12H18N2O. The van der Waals surface area contributed by atoms with Gasteiger partial charge in [0.1, 0.15) is 0 Å². The fraction of sp³-hybridized carbons (Fsp3) is 0.417. The largest absolute Gasteiger partial charge is 0.369 e. The molecule has 3 heteroatoms. The molecule has 0 bridgehead atoms. The summed E-state index contributed by atoms with van der Waals surface area (Å²) in [6.07, 6.45) is 1.66. The first-order chi connectivity index (χ1) is 7.17. The average molecular weight is 206 g/mol. The second kappa shape index (κ2) is 5.51. The van der Waals surface area contributed by atoms with Crippen molar-refractivity contribution in [3.8, 4) is 0 Å². The number of amides is 1. The van der Waals surface area contributed by atoms with Crippen LogP contribution < -0.4 is 11.5 Å². The molecule has 0 radical (unpaired) electrons. The first kappa shape index (κ1) is 11.7. The normalized spacial score (nSPS) is 12.4. The van der Waals surface area contributed by atoms with Gasteiger partial charge in [0.2, 0.25) is 5.91 Å². The topological polar surface area (TPSA) is 69.1 Å². The van der Waals surface area contributed by atoms with Crippen LogP contribution in [-0.4, -0.2) is 12.5 Å². The van der Waals surface area contributed by atoms with Gasteiger partial charge in [0.05, 0.1) is 5.92 Å². The van der Waals surface area contributed by atoms with Crippen LogP contribution in [0.4, 0.5) is 0 Å². The minimum atomic E-state index is -0.322. The number of hydrogen-bond donors (Lipinski definition) is 2. The molecule has 15 heavy (non-hydrogen) atoms. The van der Waals surface area contributed by atoms with Crippen molar-refractivity contribution < 1.29 is 4.79 Å². The number of aryl methyl sites for hydroxylation is 1. The molecule has 0 fully saturated rings. The molecule has 1 aromatic carbocycles. The van der Waals surface area contributed by atoms with Gasteiger partial charge in [-0.05, 0) is 24.0 Å². The highest BCUT2D eigenvalue weighted by molar-refractivity contribution is 5.77. The van der Waals surface area contributed by atoms with Gasteiger partial charge in [0.25, 0.3) is 0 Å². The highest BCUT2D eigenvalue weighted by Crippen LogP contribution is 2.10. The lowest BCUT2D eigenvalue weighted by molar-refractivity contribution is -0.121. The van der Waals surface area contributed by atoms with Gasteiger partial charge in [0, 0.05) is 6.54 Å². The standard InChI is InChI=1S/C12H18N2O/c1-2-9-3-5-10(6-4-9)7-11(8-13)12(14)15/h3-6,11H,2,7-8,13H2,1H3,(H2,14,15). The summed E-state index contributed by atoms with van der Waals surface area (Å²) < 4.78 is 0. The molecule has 0 aliphatic heterocycles. The molecule has 0 saturated carbocycles. The molecule has 0 aliphatic rings. The molecule has 1 unspecified atom stereocenters. The monoisotopic (exact) mass is 206 g/mol. The Labute approximate surface area is 90.5 Å². The molecule has 0 saturated heterocycles. The van der Waals surface area contributed by atoms with Crippen LogP contribution in [0.1, 0.15) is 18.1 Å². The molecule has 1 amide bonds. The second-order valence-electron chi connectivity index (χ2n) is 3.71. The summed E-state index contributed by atoms with van der Waals surface area (Å²) in [5.41, 5.74) is 13.1. The minimum absolute atomic E-state index is 0.252. The number of hydrogen-bond acceptors (Lipinski definition) is 2. The first-order valence-corrected chi connectivity index (χ1v) is 5.24. The van der Waals surface area contributed by atoms with Crippen molar-refractivity contribution in [1.82, 2.24) is 0 Å². The summed E-state index contributed by atoms with van der Waals surface area (Å²) in [7, 11) is 0. The van der Waals surface area contributed by atoms with Crippen LogP contribution in [0.3, 0.4) is 0 Å². The second-order valence-corrected chi connectivity index (χ2v) is 3.71. The summed E-state index contributed by atoms with van der Waals surface area (Å²) in [6.45, 7) is 2.42. The summed E-state index contributed by atoms with van der Waals surface area (Å²) in [6, 6.07) is 8.21. The zero-order chi connectivity index (χ0) is 11.3. The molecule has 0 heterocycles. The number of carbonyl (C=O) groups is 1. The summed E-state index contributed by atoms with van der Waals surface area (Å²) >= 11 is 0. The van der Waals surface area contributed by atoms with Crippen molar-refractivity contribution in [2.45, 2.75) is 19.8 Å². The summed E-state index contributed by atoms with van der Waals surface area (Å²) in [4.78, 5) is 11.0. The lowest BCUT2D eigenvalue weighted by Crippen LogP contribution is -2.31. The van der Waals surface area contributed by atoms with E-state index in [0.717, 1.165) is 12.0 Å². The minimum Gasteiger partial charge on any atom is -0.369 e. The van der Waals surface area contributed by atoms with Gasteiger partial charge in [-0.2, -0.15) is 0 Å². The molecule has 0 aromatic heterocycles. The van der Waals surface area contributed by atoms with Crippen LogP contribution in [0.25, 0.3) is 0 Å². The third-order valence-corrected chi connectivity index (χ3v) is 2.60. The van der Waals surface area contributed by atoms with E-state index in [9.17, 15) is 4.79 Å². The highest BCUT2D eigenvalue weighted by atomic mass is 16.1. The van der Waals surface area contributed by atoms with E-state index in [1.54, 1.807) is 0 Å².